The molecule has 1 amide bonds. The first-order valence-electron chi connectivity index (χ1n) is 9.14. The summed E-state index contributed by atoms with van der Waals surface area (Å²) in [5.74, 6) is 1.14. The molecule has 0 N–H and O–H groups in total. The second kappa shape index (κ2) is 8.43. The van der Waals surface area contributed by atoms with Gasteiger partial charge in [0.25, 0.3) is 11.5 Å². The standard InChI is InChI=1S/C22H19N3O4/c26-21-7-1-2-11-24(21)16-19-8-9-20(29-19)22(27)25(15-18-6-4-12-28-18)14-17-5-3-10-23-13-17/h1-13H,14-16H2. The summed E-state index contributed by atoms with van der Waals surface area (Å²) in [5, 5.41) is 0. The fraction of sp³-hybridized carbons (Fsp3) is 0.136. The minimum Gasteiger partial charge on any atom is -0.467 e. The summed E-state index contributed by atoms with van der Waals surface area (Å²) in [6, 6.07) is 15.6. The van der Waals surface area contributed by atoms with Crippen LogP contribution in [0.25, 0.3) is 0 Å². The van der Waals surface area contributed by atoms with Gasteiger partial charge in [-0.2, -0.15) is 0 Å². The molecule has 0 unspecified atom stereocenters. The number of carbonyl (C=O) groups is 1. The number of amides is 1. The smallest absolute Gasteiger partial charge is 0.290 e. The predicted molar refractivity (Wildman–Crippen MR) is 105 cm³/mol. The van der Waals surface area contributed by atoms with Crippen molar-refractivity contribution in [1.29, 1.82) is 0 Å². The van der Waals surface area contributed by atoms with Crippen LogP contribution in [0, 0.1) is 0 Å². The number of furan rings is 2. The lowest BCUT2D eigenvalue weighted by Gasteiger charge is -2.20. The van der Waals surface area contributed by atoms with Gasteiger partial charge in [0.05, 0.1) is 19.4 Å². The van der Waals surface area contributed by atoms with Gasteiger partial charge in [-0.15, -0.1) is 0 Å². The first-order valence-corrected chi connectivity index (χ1v) is 9.14. The van der Waals surface area contributed by atoms with Crippen LogP contribution in [0.4, 0.5) is 0 Å². The Balaban J connectivity index is 1.54. The highest BCUT2D eigenvalue weighted by atomic mass is 16.4. The van der Waals surface area contributed by atoms with Gasteiger partial charge in [0, 0.05) is 31.2 Å². The number of hydrogen-bond donors (Lipinski definition) is 0. The zero-order valence-electron chi connectivity index (χ0n) is 15.6. The lowest BCUT2D eigenvalue weighted by atomic mass is 10.2. The van der Waals surface area contributed by atoms with Crippen molar-refractivity contribution in [3.8, 4) is 0 Å². The van der Waals surface area contributed by atoms with Crippen molar-refractivity contribution in [1.82, 2.24) is 14.5 Å². The Labute approximate surface area is 166 Å². The number of rotatable bonds is 7. The first kappa shape index (κ1) is 18.5. The maximum Gasteiger partial charge on any atom is 0.290 e. The van der Waals surface area contributed by atoms with Crippen LogP contribution in [0.15, 0.2) is 93.1 Å². The maximum atomic E-state index is 13.1. The second-order valence-electron chi connectivity index (χ2n) is 6.53. The lowest BCUT2D eigenvalue weighted by molar-refractivity contribution is 0.0683. The normalized spacial score (nSPS) is 10.8. The largest absolute Gasteiger partial charge is 0.467 e. The van der Waals surface area contributed by atoms with E-state index in [9.17, 15) is 9.59 Å². The monoisotopic (exact) mass is 389 g/mol. The Morgan fingerprint density at radius 1 is 1.00 bits per heavy atom. The van der Waals surface area contributed by atoms with Crippen LogP contribution in [0.5, 0.6) is 0 Å². The third-order valence-corrected chi connectivity index (χ3v) is 4.41. The van der Waals surface area contributed by atoms with Crippen molar-refractivity contribution in [3.63, 3.8) is 0 Å². The minimum atomic E-state index is -0.267. The van der Waals surface area contributed by atoms with E-state index in [2.05, 4.69) is 4.98 Å². The van der Waals surface area contributed by atoms with Gasteiger partial charge in [-0.25, -0.2) is 0 Å². The summed E-state index contributed by atoms with van der Waals surface area (Å²) in [6.45, 7) is 0.921. The fourth-order valence-corrected chi connectivity index (χ4v) is 3.00. The molecule has 29 heavy (non-hydrogen) atoms. The van der Waals surface area contributed by atoms with Crippen LogP contribution in [-0.4, -0.2) is 20.4 Å². The van der Waals surface area contributed by atoms with Crippen LogP contribution >= 0.6 is 0 Å². The Bertz CT molecular complexity index is 1130. The van der Waals surface area contributed by atoms with E-state index < -0.39 is 0 Å². The van der Waals surface area contributed by atoms with Crippen molar-refractivity contribution < 1.29 is 13.6 Å². The molecule has 7 heteroatoms. The van der Waals surface area contributed by atoms with Crippen LogP contribution in [-0.2, 0) is 19.6 Å². The average molecular weight is 389 g/mol. The third-order valence-electron chi connectivity index (χ3n) is 4.41. The van der Waals surface area contributed by atoms with E-state index in [1.165, 1.54) is 10.6 Å². The van der Waals surface area contributed by atoms with Gasteiger partial charge in [0.15, 0.2) is 5.76 Å². The number of nitrogens with zero attached hydrogens (tertiary/aromatic N) is 3. The molecule has 0 spiro atoms. The number of hydrogen-bond acceptors (Lipinski definition) is 5. The SMILES string of the molecule is O=C(c1ccc(Cn2ccccc2=O)o1)N(Cc1cccnc1)Cc1ccco1. The van der Waals surface area contributed by atoms with Gasteiger partial charge >= 0.3 is 0 Å². The van der Waals surface area contributed by atoms with E-state index >= 15 is 0 Å². The quantitative estimate of drug-likeness (QED) is 0.484. The second-order valence-corrected chi connectivity index (χ2v) is 6.53. The maximum absolute atomic E-state index is 13.1. The van der Waals surface area contributed by atoms with E-state index in [1.807, 2.05) is 18.2 Å². The van der Waals surface area contributed by atoms with E-state index in [0.29, 0.717) is 24.6 Å². The molecular weight excluding hydrogens is 370 g/mol. The predicted octanol–water partition coefficient (Wildman–Crippen LogP) is 3.32. The van der Waals surface area contributed by atoms with E-state index in [-0.39, 0.29) is 23.8 Å². The van der Waals surface area contributed by atoms with Gasteiger partial charge < -0.3 is 18.3 Å². The minimum absolute atomic E-state index is 0.132. The van der Waals surface area contributed by atoms with Crippen LogP contribution < -0.4 is 5.56 Å². The summed E-state index contributed by atoms with van der Waals surface area (Å²) in [6.07, 6.45) is 6.66. The van der Waals surface area contributed by atoms with Crippen molar-refractivity contribution in [2.45, 2.75) is 19.6 Å². The van der Waals surface area contributed by atoms with Gasteiger partial charge in [-0.05, 0) is 42.0 Å². The molecule has 0 fully saturated rings. The van der Waals surface area contributed by atoms with Crippen molar-refractivity contribution in [3.05, 3.63) is 113 Å². The summed E-state index contributed by atoms with van der Waals surface area (Å²) in [7, 11) is 0. The summed E-state index contributed by atoms with van der Waals surface area (Å²) < 4.78 is 12.7. The summed E-state index contributed by atoms with van der Waals surface area (Å²) in [4.78, 5) is 30.7. The molecule has 0 atom stereocenters. The molecule has 0 aromatic carbocycles. The fourth-order valence-electron chi connectivity index (χ4n) is 3.00. The lowest BCUT2D eigenvalue weighted by Crippen LogP contribution is -2.29. The Kier molecular flexibility index (Phi) is 5.38. The number of pyridine rings is 2. The Morgan fingerprint density at radius 2 is 1.93 bits per heavy atom. The summed E-state index contributed by atoms with van der Waals surface area (Å²) in [5.41, 5.74) is 0.767. The molecule has 0 aliphatic heterocycles. The van der Waals surface area contributed by atoms with Crippen LogP contribution in [0.2, 0.25) is 0 Å². The molecule has 4 aromatic rings. The zero-order valence-corrected chi connectivity index (χ0v) is 15.6. The Morgan fingerprint density at radius 3 is 2.69 bits per heavy atom. The van der Waals surface area contributed by atoms with Gasteiger partial charge in [-0.3, -0.25) is 14.6 Å². The molecular formula is C22H19N3O4. The molecule has 146 valence electrons. The Hall–Kier alpha value is -3.87. The van der Waals surface area contributed by atoms with Crippen molar-refractivity contribution in [2.24, 2.45) is 0 Å². The zero-order chi connectivity index (χ0) is 20.1. The van der Waals surface area contributed by atoms with Crippen molar-refractivity contribution >= 4 is 5.91 Å². The average Bonchev–Trinajstić information content (AvgIpc) is 3.42. The molecule has 0 aliphatic rings. The highest BCUT2D eigenvalue weighted by molar-refractivity contribution is 5.91. The number of aromatic nitrogens is 2. The van der Waals surface area contributed by atoms with Crippen molar-refractivity contribution in [2.75, 3.05) is 0 Å². The van der Waals surface area contributed by atoms with Crippen LogP contribution in [0.3, 0.4) is 0 Å². The first-order chi connectivity index (χ1) is 14.2. The molecule has 0 saturated heterocycles. The van der Waals surface area contributed by atoms with Gasteiger partial charge in [0.1, 0.15) is 11.5 Å². The van der Waals surface area contributed by atoms with Gasteiger partial charge in [0.2, 0.25) is 0 Å². The van der Waals surface area contributed by atoms with Crippen LogP contribution in [0.1, 0.15) is 27.6 Å². The van der Waals surface area contributed by atoms with E-state index in [1.54, 1.807) is 60.1 Å². The summed E-state index contributed by atoms with van der Waals surface area (Å²) >= 11 is 0. The van der Waals surface area contributed by atoms with E-state index in [4.69, 9.17) is 8.83 Å². The molecule has 0 radical (unpaired) electrons. The molecule has 0 bridgehead atoms. The molecule has 0 aliphatic carbocycles. The molecule has 4 rings (SSSR count). The van der Waals surface area contributed by atoms with E-state index in [0.717, 1.165) is 5.56 Å². The highest BCUT2D eigenvalue weighted by Crippen LogP contribution is 2.17. The highest BCUT2D eigenvalue weighted by Gasteiger charge is 2.21. The molecule has 7 nitrogen and oxygen atoms in total. The molecule has 4 aromatic heterocycles. The third kappa shape index (κ3) is 4.52. The topological polar surface area (TPSA) is 81.5 Å². The molecule has 4 heterocycles. The molecule has 0 saturated carbocycles. The number of carbonyl (C=O) groups excluding carboxylic acids is 1. The van der Waals surface area contributed by atoms with Gasteiger partial charge in [-0.1, -0.05) is 12.1 Å².